The number of H-pyrrole nitrogens is 1. The quantitative estimate of drug-likeness (QED) is 0.498. The van der Waals surface area contributed by atoms with E-state index in [1.54, 1.807) is 12.3 Å². The second-order valence-corrected chi connectivity index (χ2v) is 8.26. The van der Waals surface area contributed by atoms with Crippen LogP contribution in [0.5, 0.6) is 0 Å². The van der Waals surface area contributed by atoms with Crippen LogP contribution in [-0.2, 0) is 6.18 Å². The highest BCUT2D eigenvalue weighted by Gasteiger charge is 2.34. The zero-order valence-corrected chi connectivity index (χ0v) is 16.6. The van der Waals surface area contributed by atoms with Crippen LogP contribution in [0.3, 0.4) is 0 Å². The van der Waals surface area contributed by atoms with Crippen LogP contribution in [0.15, 0.2) is 30.7 Å². The number of fused-ring (bicyclic) bond motifs is 2. The van der Waals surface area contributed by atoms with Crippen LogP contribution >= 0.6 is 0 Å². The first-order valence-electron chi connectivity index (χ1n) is 10.4. The lowest BCUT2D eigenvalue weighted by atomic mass is 10.1. The van der Waals surface area contributed by atoms with Crippen molar-refractivity contribution in [2.24, 2.45) is 0 Å². The van der Waals surface area contributed by atoms with Gasteiger partial charge in [0.05, 0.1) is 11.7 Å². The Kier molecular flexibility index (Phi) is 3.97. The predicted octanol–water partition coefficient (Wildman–Crippen LogP) is 5.06. The summed E-state index contributed by atoms with van der Waals surface area (Å²) in [6, 6.07) is 2.75. The van der Waals surface area contributed by atoms with E-state index in [-0.39, 0.29) is 5.65 Å². The SMILES string of the molecule is FC(F)(F)c1cc2c(-c3nc(N4CCCC4)c4c(C5CC5)cncc4n3)ccnc2[nH]1. The number of nitrogens with zero attached hydrogens (tertiary/aromatic N) is 5. The predicted molar refractivity (Wildman–Crippen MR) is 111 cm³/mol. The van der Waals surface area contributed by atoms with Crippen LogP contribution in [0.1, 0.15) is 42.9 Å². The van der Waals surface area contributed by atoms with Gasteiger partial charge in [-0.05, 0) is 49.3 Å². The van der Waals surface area contributed by atoms with E-state index in [0.29, 0.717) is 22.7 Å². The fraction of sp³-hybridized carbons (Fsp3) is 0.364. The van der Waals surface area contributed by atoms with Crippen LogP contribution in [0.25, 0.3) is 33.3 Å². The highest BCUT2D eigenvalue weighted by atomic mass is 19.4. The Morgan fingerprint density at radius 1 is 1.06 bits per heavy atom. The van der Waals surface area contributed by atoms with Crippen molar-refractivity contribution in [3.8, 4) is 11.4 Å². The monoisotopic (exact) mass is 424 g/mol. The Bertz CT molecular complexity index is 1300. The van der Waals surface area contributed by atoms with Gasteiger partial charge >= 0.3 is 6.18 Å². The van der Waals surface area contributed by atoms with E-state index in [1.165, 1.54) is 11.8 Å². The molecule has 0 atom stereocenters. The minimum absolute atomic E-state index is 0.168. The normalized spacial score (nSPS) is 17.2. The molecule has 0 spiro atoms. The molecule has 0 amide bonds. The lowest BCUT2D eigenvalue weighted by Crippen LogP contribution is -2.20. The summed E-state index contributed by atoms with van der Waals surface area (Å²) >= 11 is 0. The second-order valence-electron chi connectivity index (χ2n) is 8.26. The van der Waals surface area contributed by atoms with E-state index in [4.69, 9.17) is 9.97 Å². The van der Waals surface area contributed by atoms with Crippen LogP contribution in [0.4, 0.5) is 19.0 Å². The van der Waals surface area contributed by atoms with Gasteiger partial charge in [-0.15, -0.1) is 0 Å². The van der Waals surface area contributed by atoms with Gasteiger partial charge in [-0.25, -0.2) is 15.0 Å². The van der Waals surface area contributed by atoms with Gasteiger partial charge in [0.15, 0.2) is 5.82 Å². The van der Waals surface area contributed by atoms with Gasteiger partial charge in [0.1, 0.15) is 17.2 Å². The summed E-state index contributed by atoms with van der Waals surface area (Å²) in [5, 5.41) is 1.38. The van der Waals surface area contributed by atoms with Gasteiger partial charge in [-0.1, -0.05) is 0 Å². The standard InChI is InChI=1S/C22H19F3N6/c23-22(24,25)17-9-14-13(5-6-27-19(14)29-17)20-28-16-11-26-10-15(12-3-4-12)18(16)21(30-20)31-7-1-2-8-31/h5-6,9-12H,1-4,7-8H2,(H,27,29). The molecule has 1 aliphatic heterocycles. The van der Waals surface area contributed by atoms with Crippen molar-refractivity contribution >= 4 is 27.8 Å². The van der Waals surface area contributed by atoms with Gasteiger partial charge in [-0.3, -0.25) is 4.98 Å². The molecular formula is C22H19F3N6. The van der Waals surface area contributed by atoms with E-state index in [0.717, 1.165) is 61.6 Å². The van der Waals surface area contributed by atoms with Crippen LogP contribution in [0, 0.1) is 0 Å². The zero-order valence-electron chi connectivity index (χ0n) is 16.6. The molecule has 31 heavy (non-hydrogen) atoms. The van der Waals surface area contributed by atoms with Gasteiger partial charge in [0.2, 0.25) is 0 Å². The molecule has 1 N–H and O–H groups in total. The smallest absolute Gasteiger partial charge is 0.356 e. The van der Waals surface area contributed by atoms with Crippen molar-refractivity contribution in [3.63, 3.8) is 0 Å². The summed E-state index contributed by atoms with van der Waals surface area (Å²) in [7, 11) is 0. The highest BCUT2D eigenvalue weighted by molar-refractivity contribution is 5.97. The molecule has 5 heterocycles. The molecule has 0 aromatic carbocycles. The third kappa shape index (κ3) is 3.10. The molecule has 6 rings (SSSR count). The molecule has 158 valence electrons. The van der Waals surface area contributed by atoms with Crippen LogP contribution in [-0.4, -0.2) is 38.0 Å². The average molecular weight is 424 g/mol. The number of nitrogens with one attached hydrogen (secondary N) is 1. The number of aromatic nitrogens is 5. The minimum atomic E-state index is -4.48. The number of hydrogen-bond donors (Lipinski definition) is 1. The van der Waals surface area contributed by atoms with Crippen LogP contribution < -0.4 is 4.90 Å². The molecule has 9 heteroatoms. The summed E-state index contributed by atoms with van der Waals surface area (Å²) < 4.78 is 39.8. The number of anilines is 1. The van der Waals surface area contributed by atoms with Crippen molar-refractivity contribution in [2.75, 3.05) is 18.0 Å². The van der Waals surface area contributed by atoms with E-state index in [1.807, 2.05) is 6.20 Å². The Hall–Kier alpha value is -3.23. The summed E-state index contributed by atoms with van der Waals surface area (Å²) in [6.45, 7) is 1.82. The summed E-state index contributed by atoms with van der Waals surface area (Å²) in [5.74, 6) is 1.74. The number of pyridine rings is 2. The molecule has 0 unspecified atom stereocenters. The van der Waals surface area contributed by atoms with E-state index < -0.39 is 11.9 Å². The van der Waals surface area contributed by atoms with Gasteiger partial charge in [0, 0.05) is 41.8 Å². The Labute approximate surface area is 175 Å². The van der Waals surface area contributed by atoms with Crippen LogP contribution in [0.2, 0.25) is 0 Å². The van der Waals surface area contributed by atoms with Crippen molar-refractivity contribution in [1.82, 2.24) is 24.9 Å². The molecule has 1 saturated heterocycles. The summed E-state index contributed by atoms with van der Waals surface area (Å²) in [5.41, 5.74) is 1.76. The van der Waals surface area contributed by atoms with E-state index in [2.05, 4.69) is 19.9 Å². The molecule has 4 aromatic rings. The van der Waals surface area contributed by atoms with Crippen molar-refractivity contribution < 1.29 is 13.2 Å². The van der Waals surface area contributed by atoms with Gasteiger partial charge in [-0.2, -0.15) is 13.2 Å². The fourth-order valence-corrected chi connectivity index (χ4v) is 4.45. The molecule has 4 aromatic heterocycles. The van der Waals surface area contributed by atoms with Gasteiger partial charge < -0.3 is 9.88 Å². The molecule has 0 bridgehead atoms. The largest absolute Gasteiger partial charge is 0.431 e. The third-order valence-corrected chi connectivity index (χ3v) is 6.12. The number of rotatable bonds is 3. The highest BCUT2D eigenvalue weighted by Crippen LogP contribution is 2.45. The Morgan fingerprint density at radius 3 is 2.61 bits per heavy atom. The van der Waals surface area contributed by atoms with Gasteiger partial charge in [0.25, 0.3) is 0 Å². The molecule has 0 radical (unpaired) electrons. The van der Waals surface area contributed by atoms with Crippen molar-refractivity contribution in [2.45, 2.75) is 37.8 Å². The number of aromatic amines is 1. The summed E-state index contributed by atoms with van der Waals surface area (Å²) in [4.78, 5) is 22.8. The topological polar surface area (TPSA) is 70.6 Å². The summed E-state index contributed by atoms with van der Waals surface area (Å²) in [6.07, 6.45) is 5.10. The number of halogens is 3. The number of hydrogen-bond acceptors (Lipinski definition) is 5. The third-order valence-electron chi connectivity index (χ3n) is 6.12. The fourth-order valence-electron chi connectivity index (χ4n) is 4.45. The average Bonchev–Trinajstić information content (AvgIpc) is 3.25. The van der Waals surface area contributed by atoms with E-state index >= 15 is 0 Å². The molecule has 2 fully saturated rings. The molecule has 1 saturated carbocycles. The van der Waals surface area contributed by atoms with E-state index in [9.17, 15) is 13.2 Å². The molecule has 2 aliphatic rings. The first-order valence-corrected chi connectivity index (χ1v) is 10.4. The maximum Gasteiger partial charge on any atom is 0.431 e. The first-order chi connectivity index (χ1) is 15.0. The Balaban J connectivity index is 1.60. The maximum absolute atomic E-state index is 13.3. The van der Waals surface area contributed by atoms with Crippen molar-refractivity contribution in [3.05, 3.63) is 42.0 Å². The maximum atomic E-state index is 13.3. The lowest BCUT2D eigenvalue weighted by molar-refractivity contribution is -0.140. The zero-order chi connectivity index (χ0) is 21.2. The molecule has 1 aliphatic carbocycles. The Morgan fingerprint density at radius 2 is 1.87 bits per heavy atom. The second kappa shape index (κ2) is 6.63. The molecule has 6 nitrogen and oxygen atoms in total. The number of alkyl halides is 3. The lowest BCUT2D eigenvalue weighted by Gasteiger charge is -2.21. The van der Waals surface area contributed by atoms with Crippen molar-refractivity contribution in [1.29, 1.82) is 0 Å². The molecular weight excluding hydrogens is 405 g/mol. The first kappa shape index (κ1) is 18.5. The minimum Gasteiger partial charge on any atom is -0.356 e.